The van der Waals surface area contributed by atoms with E-state index in [0.29, 0.717) is 16.3 Å². The molecule has 0 spiro atoms. The number of aryl methyl sites for hydroxylation is 2. The minimum absolute atomic E-state index is 0.146. The zero-order valence-corrected chi connectivity index (χ0v) is 16.6. The Labute approximate surface area is 168 Å². The van der Waals surface area contributed by atoms with Crippen molar-refractivity contribution in [2.75, 3.05) is 10.6 Å². The first-order valence-electron chi connectivity index (χ1n) is 8.76. The van der Waals surface area contributed by atoms with Gasteiger partial charge >= 0.3 is 0 Å². The number of pyridine rings is 1. The molecule has 1 aromatic heterocycles. The van der Waals surface area contributed by atoms with Gasteiger partial charge in [0.1, 0.15) is 5.69 Å². The number of hydrogen-bond acceptors (Lipinski definition) is 3. The van der Waals surface area contributed by atoms with Crippen molar-refractivity contribution in [2.45, 2.75) is 20.8 Å². The van der Waals surface area contributed by atoms with Gasteiger partial charge in [-0.1, -0.05) is 29.8 Å². The normalized spacial score (nSPS) is 10.4. The number of carbonyl (C=O) groups excluding carboxylic acids is 2. The molecule has 5 nitrogen and oxygen atoms in total. The van der Waals surface area contributed by atoms with E-state index in [1.54, 1.807) is 24.3 Å². The molecule has 1 heterocycles. The fourth-order valence-corrected chi connectivity index (χ4v) is 2.86. The lowest BCUT2D eigenvalue weighted by Gasteiger charge is -2.11. The van der Waals surface area contributed by atoms with Gasteiger partial charge in [-0.05, 0) is 67.8 Å². The van der Waals surface area contributed by atoms with Gasteiger partial charge in [-0.25, -0.2) is 0 Å². The van der Waals surface area contributed by atoms with E-state index in [-0.39, 0.29) is 11.6 Å². The minimum atomic E-state index is -0.410. The SMILES string of the molecule is Cc1ccc(C)c(NC(=O)c2ccnc(C(=O)Nc3cccc(Cl)c3C)c2)c1. The van der Waals surface area contributed by atoms with Gasteiger partial charge < -0.3 is 10.6 Å². The van der Waals surface area contributed by atoms with Crippen LogP contribution in [0.5, 0.6) is 0 Å². The molecule has 3 rings (SSSR count). The maximum Gasteiger partial charge on any atom is 0.274 e. The summed E-state index contributed by atoms with van der Waals surface area (Å²) in [6, 6.07) is 14.1. The highest BCUT2D eigenvalue weighted by Crippen LogP contribution is 2.23. The highest BCUT2D eigenvalue weighted by Gasteiger charge is 2.14. The summed E-state index contributed by atoms with van der Waals surface area (Å²) < 4.78 is 0. The molecule has 0 aliphatic carbocycles. The summed E-state index contributed by atoms with van der Waals surface area (Å²) in [5.41, 5.74) is 4.61. The van der Waals surface area contributed by atoms with Crippen molar-refractivity contribution in [2.24, 2.45) is 0 Å². The predicted octanol–water partition coefficient (Wildman–Crippen LogP) is 5.16. The summed E-state index contributed by atoms with van der Waals surface area (Å²) in [4.78, 5) is 29.3. The Morgan fingerprint density at radius 1 is 0.893 bits per heavy atom. The Morgan fingerprint density at radius 3 is 2.43 bits per heavy atom. The smallest absolute Gasteiger partial charge is 0.274 e. The van der Waals surface area contributed by atoms with Gasteiger partial charge in [0, 0.05) is 28.2 Å². The number of carbonyl (C=O) groups is 2. The average molecular weight is 394 g/mol. The molecule has 0 radical (unpaired) electrons. The first-order valence-corrected chi connectivity index (χ1v) is 9.14. The van der Waals surface area contributed by atoms with Crippen LogP contribution in [0.4, 0.5) is 11.4 Å². The second kappa shape index (κ2) is 8.23. The number of aromatic nitrogens is 1. The molecule has 0 aliphatic rings. The molecule has 0 saturated carbocycles. The fourth-order valence-electron chi connectivity index (χ4n) is 2.69. The van der Waals surface area contributed by atoms with Gasteiger partial charge in [0.2, 0.25) is 0 Å². The van der Waals surface area contributed by atoms with Gasteiger partial charge in [0.05, 0.1) is 0 Å². The molecule has 142 valence electrons. The molecule has 2 aromatic carbocycles. The van der Waals surface area contributed by atoms with E-state index in [0.717, 1.165) is 22.4 Å². The van der Waals surface area contributed by atoms with Crippen LogP contribution in [-0.2, 0) is 0 Å². The van der Waals surface area contributed by atoms with Crippen molar-refractivity contribution >= 4 is 34.8 Å². The van der Waals surface area contributed by atoms with Crippen LogP contribution in [0.1, 0.15) is 37.5 Å². The topological polar surface area (TPSA) is 71.1 Å². The average Bonchev–Trinajstić information content (AvgIpc) is 2.68. The zero-order chi connectivity index (χ0) is 20.3. The highest BCUT2D eigenvalue weighted by molar-refractivity contribution is 6.31. The van der Waals surface area contributed by atoms with Gasteiger partial charge in [0.25, 0.3) is 11.8 Å². The third-order valence-electron chi connectivity index (χ3n) is 4.41. The molecule has 6 heteroatoms. The second-order valence-electron chi connectivity index (χ2n) is 6.57. The molecule has 2 amide bonds. The summed E-state index contributed by atoms with van der Waals surface area (Å²) in [5, 5.41) is 6.23. The first-order chi connectivity index (χ1) is 13.3. The van der Waals surface area contributed by atoms with Crippen LogP contribution in [0.3, 0.4) is 0 Å². The quantitative estimate of drug-likeness (QED) is 0.642. The molecular weight excluding hydrogens is 374 g/mol. The Kier molecular flexibility index (Phi) is 5.76. The number of amides is 2. The number of benzene rings is 2. The van der Waals surface area contributed by atoms with Gasteiger partial charge in [0.15, 0.2) is 0 Å². The summed E-state index contributed by atoms with van der Waals surface area (Å²) >= 11 is 6.09. The summed E-state index contributed by atoms with van der Waals surface area (Å²) in [6.45, 7) is 5.70. The van der Waals surface area contributed by atoms with Crippen LogP contribution >= 0.6 is 11.6 Å². The van der Waals surface area contributed by atoms with E-state index in [4.69, 9.17) is 11.6 Å². The highest BCUT2D eigenvalue weighted by atomic mass is 35.5. The van der Waals surface area contributed by atoms with Crippen LogP contribution in [0, 0.1) is 20.8 Å². The van der Waals surface area contributed by atoms with Gasteiger partial charge in [-0.2, -0.15) is 0 Å². The fraction of sp³-hybridized carbons (Fsp3) is 0.136. The number of halogens is 1. The van der Waals surface area contributed by atoms with Crippen LogP contribution in [0.15, 0.2) is 54.7 Å². The van der Waals surface area contributed by atoms with E-state index in [1.807, 2.05) is 39.0 Å². The molecule has 0 bridgehead atoms. The number of anilines is 2. The third kappa shape index (κ3) is 4.38. The van der Waals surface area contributed by atoms with Crippen LogP contribution in [0.25, 0.3) is 0 Å². The Hall–Kier alpha value is -3.18. The molecule has 28 heavy (non-hydrogen) atoms. The van der Waals surface area contributed by atoms with Crippen LogP contribution in [0.2, 0.25) is 5.02 Å². The van der Waals surface area contributed by atoms with E-state index < -0.39 is 5.91 Å². The van der Waals surface area contributed by atoms with Crippen molar-refractivity contribution in [3.8, 4) is 0 Å². The monoisotopic (exact) mass is 393 g/mol. The molecule has 0 unspecified atom stereocenters. The molecular formula is C22H20ClN3O2. The summed E-state index contributed by atoms with van der Waals surface area (Å²) in [7, 11) is 0. The van der Waals surface area contributed by atoms with E-state index >= 15 is 0 Å². The van der Waals surface area contributed by atoms with Crippen LogP contribution in [-0.4, -0.2) is 16.8 Å². The maximum absolute atomic E-state index is 12.6. The molecule has 0 fully saturated rings. The van der Waals surface area contributed by atoms with E-state index in [2.05, 4.69) is 15.6 Å². The number of nitrogens with one attached hydrogen (secondary N) is 2. The first kappa shape index (κ1) is 19.6. The molecule has 0 saturated heterocycles. The lowest BCUT2D eigenvalue weighted by atomic mass is 10.1. The third-order valence-corrected chi connectivity index (χ3v) is 4.82. The van der Waals surface area contributed by atoms with Crippen LogP contribution < -0.4 is 10.6 Å². The molecule has 0 aliphatic heterocycles. The van der Waals surface area contributed by atoms with Gasteiger partial charge in [-0.15, -0.1) is 0 Å². The summed E-state index contributed by atoms with van der Waals surface area (Å²) in [6.07, 6.45) is 1.44. The Morgan fingerprint density at radius 2 is 1.64 bits per heavy atom. The molecule has 2 N–H and O–H groups in total. The number of nitrogens with zero attached hydrogens (tertiary/aromatic N) is 1. The van der Waals surface area contributed by atoms with Crippen molar-refractivity contribution < 1.29 is 9.59 Å². The molecule has 3 aromatic rings. The van der Waals surface area contributed by atoms with E-state index in [1.165, 1.54) is 12.3 Å². The van der Waals surface area contributed by atoms with Crippen molar-refractivity contribution in [1.82, 2.24) is 4.98 Å². The molecule has 0 atom stereocenters. The van der Waals surface area contributed by atoms with E-state index in [9.17, 15) is 9.59 Å². The predicted molar refractivity (Wildman–Crippen MR) is 112 cm³/mol. The second-order valence-corrected chi connectivity index (χ2v) is 6.98. The maximum atomic E-state index is 12.6. The number of hydrogen-bond donors (Lipinski definition) is 2. The largest absolute Gasteiger partial charge is 0.322 e. The van der Waals surface area contributed by atoms with Gasteiger partial charge in [-0.3, -0.25) is 14.6 Å². The zero-order valence-electron chi connectivity index (χ0n) is 15.8. The lowest BCUT2D eigenvalue weighted by Crippen LogP contribution is -2.17. The number of rotatable bonds is 4. The van der Waals surface area contributed by atoms with Crippen molar-refractivity contribution in [3.63, 3.8) is 0 Å². The Balaban J connectivity index is 1.79. The lowest BCUT2D eigenvalue weighted by molar-refractivity contribution is 0.102. The minimum Gasteiger partial charge on any atom is -0.322 e. The van der Waals surface area contributed by atoms with Crippen molar-refractivity contribution in [1.29, 1.82) is 0 Å². The standard InChI is InChI=1S/C22H20ClN3O2/c1-13-7-8-14(2)19(11-13)26-21(27)16-9-10-24-20(12-16)22(28)25-18-6-4-5-17(23)15(18)3/h4-12H,1-3H3,(H,25,28)(H,26,27). The Bertz CT molecular complexity index is 1030. The van der Waals surface area contributed by atoms with Crippen molar-refractivity contribution in [3.05, 3.63) is 87.7 Å². The summed E-state index contributed by atoms with van der Waals surface area (Å²) in [5.74, 6) is -0.712.